The van der Waals surface area contributed by atoms with Crippen LogP contribution in [0, 0.1) is 0 Å². The van der Waals surface area contributed by atoms with Gasteiger partial charge in [-0.2, -0.15) is 0 Å². The Morgan fingerprint density at radius 3 is 1.23 bits per heavy atom. The lowest BCUT2D eigenvalue weighted by molar-refractivity contribution is -0.167. The van der Waals surface area contributed by atoms with E-state index < -0.39 is 6.10 Å². The Kier molecular flexibility index (Phi) is 45.1. The first-order valence-corrected chi connectivity index (χ1v) is 24.1. The number of carbonyl (C=O) groups is 3. The van der Waals surface area contributed by atoms with Crippen LogP contribution in [0.3, 0.4) is 0 Å². The lowest BCUT2D eigenvalue weighted by Crippen LogP contribution is -2.30. The summed E-state index contributed by atoms with van der Waals surface area (Å²) in [4.78, 5) is 37.9. The summed E-state index contributed by atoms with van der Waals surface area (Å²) in [5.74, 6) is -1.01. The molecule has 0 fully saturated rings. The fraction of sp³-hybridized carbons (Fsp3) is 0.582. The van der Waals surface area contributed by atoms with Crippen LogP contribution in [-0.2, 0) is 28.6 Å². The highest BCUT2D eigenvalue weighted by molar-refractivity contribution is 5.71. The highest BCUT2D eigenvalue weighted by Crippen LogP contribution is 2.12. The predicted octanol–water partition coefficient (Wildman–Crippen LogP) is 15.7. The second-order valence-corrected chi connectivity index (χ2v) is 15.4. The van der Waals surface area contributed by atoms with E-state index in [1.54, 1.807) is 0 Å². The normalized spacial score (nSPS) is 13.2. The Bertz CT molecular complexity index is 1340. The van der Waals surface area contributed by atoms with Crippen molar-refractivity contribution in [2.75, 3.05) is 13.2 Å². The van der Waals surface area contributed by atoms with E-state index in [1.807, 2.05) is 48.6 Å². The third-order valence-electron chi connectivity index (χ3n) is 9.56. The van der Waals surface area contributed by atoms with Gasteiger partial charge in [0.1, 0.15) is 13.2 Å². The van der Waals surface area contributed by atoms with Gasteiger partial charge in [-0.3, -0.25) is 14.4 Å². The molecule has 0 aromatic carbocycles. The van der Waals surface area contributed by atoms with Gasteiger partial charge in [0.25, 0.3) is 0 Å². The van der Waals surface area contributed by atoms with Gasteiger partial charge in [-0.05, 0) is 103 Å². The average Bonchev–Trinajstić information content (AvgIpc) is 3.26. The van der Waals surface area contributed by atoms with Crippen molar-refractivity contribution >= 4 is 17.9 Å². The van der Waals surface area contributed by atoms with Crippen molar-refractivity contribution in [1.82, 2.24) is 0 Å². The number of ether oxygens (including phenoxy) is 3. The van der Waals surface area contributed by atoms with Gasteiger partial charge >= 0.3 is 17.9 Å². The van der Waals surface area contributed by atoms with E-state index >= 15 is 0 Å². The molecule has 0 aliphatic heterocycles. The summed E-state index contributed by atoms with van der Waals surface area (Å²) in [6.45, 7) is 6.25. The van der Waals surface area contributed by atoms with Gasteiger partial charge in [-0.1, -0.05) is 187 Å². The van der Waals surface area contributed by atoms with Crippen LogP contribution in [0.5, 0.6) is 0 Å². The molecule has 0 aromatic rings. The van der Waals surface area contributed by atoms with Crippen molar-refractivity contribution in [3.8, 4) is 0 Å². The quantitative estimate of drug-likeness (QED) is 0.0201. The molecule has 0 aliphatic rings. The second-order valence-electron chi connectivity index (χ2n) is 15.4. The Labute approximate surface area is 373 Å². The van der Waals surface area contributed by atoms with E-state index in [-0.39, 0.29) is 37.5 Å². The molecule has 0 amide bonds. The highest BCUT2D eigenvalue weighted by atomic mass is 16.6. The average molecular weight is 843 g/mol. The molecule has 0 aliphatic carbocycles. The summed E-state index contributed by atoms with van der Waals surface area (Å²) in [7, 11) is 0. The van der Waals surface area contributed by atoms with Gasteiger partial charge in [0.05, 0.1) is 0 Å². The van der Waals surface area contributed by atoms with Crippen molar-refractivity contribution in [3.63, 3.8) is 0 Å². The molecule has 1 atom stereocenters. The van der Waals surface area contributed by atoms with Gasteiger partial charge in [0.15, 0.2) is 6.10 Å². The smallest absolute Gasteiger partial charge is 0.306 e. The van der Waals surface area contributed by atoms with Crippen LogP contribution in [0.2, 0.25) is 0 Å². The van der Waals surface area contributed by atoms with Crippen molar-refractivity contribution in [3.05, 3.63) is 122 Å². The maximum absolute atomic E-state index is 12.8. The number of hydrogen-bond donors (Lipinski definition) is 0. The standard InChI is InChI=1S/C55H86O6/c1-4-7-10-13-16-19-22-25-27-29-30-33-36-39-42-45-48-54(57)60-51-52(50-59-53(56)47-44-41-38-35-32-24-21-18-15-12-9-6-3)61-55(58)49-46-43-40-37-34-31-28-26-23-20-17-14-11-8-5-2/h7-8,10-11,14,16-21,23,25-28,30-31,33-34,52H,4-6,9,12-13,15,22,24,29,32,35-51H2,1-3H3/b10-7-,11-8-,17-14-,19-16-,21-18-,23-20-,27-25-,28-26-,33-30-,34-31-. The largest absolute Gasteiger partial charge is 0.462 e. The first-order valence-electron chi connectivity index (χ1n) is 24.1. The summed E-state index contributed by atoms with van der Waals surface area (Å²) in [6.07, 6.45) is 66.0. The van der Waals surface area contributed by atoms with Gasteiger partial charge in [0, 0.05) is 19.3 Å². The van der Waals surface area contributed by atoms with E-state index in [9.17, 15) is 14.4 Å². The number of rotatable bonds is 41. The molecule has 0 saturated carbocycles. The molecular formula is C55H86O6. The lowest BCUT2D eigenvalue weighted by Gasteiger charge is -2.18. The minimum Gasteiger partial charge on any atom is -0.462 e. The highest BCUT2D eigenvalue weighted by Gasteiger charge is 2.19. The van der Waals surface area contributed by atoms with Crippen LogP contribution in [0.4, 0.5) is 0 Å². The number of unbranched alkanes of at least 4 members (excludes halogenated alkanes) is 14. The number of carbonyl (C=O) groups excluding carboxylic acids is 3. The molecule has 0 radical (unpaired) electrons. The molecular weight excluding hydrogens is 757 g/mol. The Morgan fingerprint density at radius 1 is 0.361 bits per heavy atom. The first-order chi connectivity index (χ1) is 30.0. The third kappa shape index (κ3) is 46.7. The summed E-state index contributed by atoms with van der Waals surface area (Å²) in [6, 6.07) is 0. The minimum absolute atomic E-state index is 0.114. The van der Waals surface area contributed by atoms with Crippen LogP contribution in [0.15, 0.2) is 122 Å². The molecule has 6 nitrogen and oxygen atoms in total. The fourth-order valence-corrected chi connectivity index (χ4v) is 5.98. The lowest BCUT2D eigenvalue weighted by atomic mass is 10.1. The van der Waals surface area contributed by atoms with Crippen molar-refractivity contribution in [1.29, 1.82) is 0 Å². The molecule has 61 heavy (non-hydrogen) atoms. The summed E-state index contributed by atoms with van der Waals surface area (Å²) in [5.41, 5.74) is 0. The Balaban J connectivity index is 4.56. The molecule has 0 saturated heterocycles. The van der Waals surface area contributed by atoms with Crippen LogP contribution >= 0.6 is 0 Å². The van der Waals surface area contributed by atoms with E-state index in [1.165, 1.54) is 32.1 Å². The SMILES string of the molecule is CC\C=C/C=C\C=C/C=C\C=C/CCCCCC(=O)OC(COC(=O)CCCCC/C=C\C/C=C\C/C=C\C/C=C\CC)COC(=O)CCCCCCC/C=C\CCCCC. The first kappa shape index (κ1) is 56.8. The zero-order chi connectivity index (χ0) is 44.4. The van der Waals surface area contributed by atoms with Gasteiger partial charge in [0.2, 0.25) is 0 Å². The fourth-order valence-electron chi connectivity index (χ4n) is 5.98. The molecule has 0 aromatic heterocycles. The van der Waals surface area contributed by atoms with Gasteiger partial charge < -0.3 is 14.2 Å². The molecule has 0 heterocycles. The summed E-state index contributed by atoms with van der Waals surface area (Å²) in [5, 5.41) is 0. The number of esters is 3. The molecule has 0 spiro atoms. The monoisotopic (exact) mass is 843 g/mol. The maximum atomic E-state index is 12.8. The Hall–Kier alpha value is -4.19. The molecule has 0 rings (SSSR count). The number of allylic oxidation sites excluding steroid dienone is 20. The van der Waals surface area contributed by atoms with Crippen LogP contribution in [0.1, 0.15) is 188 Å². The van der Waals surface area contributed by atoms with E-state index in [0.717, 1.165) is 109 Å². The molecule has 0 bridgehead atoms. The summed E-state index contributed by atoms with van der Waals surface area (Å²) < 4.78 is 16.7. The zero-order valence-electron chi connectivity index (χ0n) is 38.9. The van der Waals surface area contributed by atoms with Gasteiger partial charge in [-0.15, -0.1) is 0 Å². The van der Waals surface area contributed by atoms with Crippen LogP contribution in [-0.4, -0.2) is 37.2 Å². The molecule has 0 N–H and O–H groups in total. The van der Waals surface area contributed by atoms with Crippen molar-refractivity contribution in [2.24, 2.45) is 0 Å². The number of hydrogen-bond acceptors (Lipinski definition) is 6. The van der Waals surface area contributed by atoms with E-state index in [0.29, 0.717) is 19.3 Å². The van der Waals surface area contributed by atoms with E-state index in [4.69, 9.17) is 14.2 Å². The predicted molar refractivity (Wildman–Crippen MR) is 260 cm³/mol. The topological polar surface area (TPSA) is 78.9 Å². The van der Waals surface area contributed by atoms with Crippen LogP contribution < -0.4 is 0 Å². The van der Waals surface area contributed by atoms with E-state index in [2.05, 4.69) is 93.7 Å². The summed E-state index contributed by atoms with van der Waals surface area (Å²) >= 11 is 0. The maximum Gasteiger partial charge on any atom is 0.306 e. The van der Waals surface area contributed by atoms with Gasteiger partial charge in [-0.25, -0.2) is 0 Å². The third-order valence-corrected chi connectivity index (χ3v) is 9.56. The van der Waals surface area contributed by atoms with Crippen LogP contribution in [0.25, 0.3) is 0 Å². The van der Waals surface area contributed by atoms with Crippen molar-refractivity contribution < 1.29 is 28.6 Å². The molecule has 1 unspecified atom stereocenters. The van der Waals surface area contributed by atoms with Crippen molar-refractivity contribution in [2.45, 2.75) is 194 Å². The molecule has 342 valence electrons. The second kappa shape index (κ2) is 48.5. The zero-order valence-corrected chi connectivity index (χ0v) is 38.9. The molecule has 6 heteroatoms. The Morgan fingerprint density at radius 2 is 0.721 bits per heavy atom. The minimum atomic E-state index is -0.819.